The molecule has 0 radical (unpaired) electrons. The molecule has 1 aromatic heterocycles. The van der Waals surface area contributed by atoms with Crippen molar-refractivity contribution in [2.75, 3.05) is 18.0 Å². The summed E-state index contributed by atoms with van der Waals surface area (Å²) in [6, 6.07) is 23.3. The first-order valence-electron chi connectivity index (χ1n) is 13.6. The molecule has 2 heterocycles. The summed E-state index contributed by atoms with van der Waals surface area (Å²) >= 11 is 0. The monoisotopic (exact) mass is 535 g/mol. The van der Waals surface area contributed by atoms with Gasteiger partial charge in [0, 0.05) is 65.8 Å². The molecule has 3 aromatic carbocycles. The van der Waals surface area contributed by atoms with E-state index >= 15 is 0 Å². The van der Waals surface area contributed by atoms with E-state index in [0.29, 0.717) is 30.6 Å². The van der Waals surface area contributed by atoms with Gasteiger partial charge in [0.15, 0.2) is 17.3 Å². The Morgan fingerprint density at radius 2 is 1.68 bits per heavy atom. The van der Waals surface area contributed by atoms with Gasteiger partial charge in [-0.3, -0.25) is 4.79 Å². The molecule has 0 saturated heterocycles. The number of carbonyl (C=O) groups is 1. The average Bonchev–Trinajstić information content (AvgIpc) is 3.24. The van der Waals surface area contributed by atoms with Crippen molar-refractivity contribution >= 4 is 22.4 Å². The van der Waals surface area contributed by atoms with E-state index in [1.165, 1.54) is 6.07 Å². The van der Waals surface area contributed by atoms with E-state index in [9.17, 15) is 9.59 Å². The molecule has 0 saturated carbocycles. The summed E-state index contributed by atoms with van der Waals surface area (Å²) < 4.78 is 17.2. The summed E-state index contributed by atoms with van der Waals surface area (Å²) in [4.78, 5) is 25.5. The zero-order valence-corrected chi connectivity index (χ0v) is 23.2. The number of Topliss-reactive ketones (excluding diaryl/α,β-unsaturated/α-hetero) is 1. The van der Waals surface area contributed by atoms with E-state index in [1.54, 1.807) is 6.07 Å². The zero-order chi connectivity index (χ0) is 28.2. The lowest BCUT2D eigenvalue weighted by atomic mass is 9.98. The number of aryl methyl sites for hydroxylation is 1. The van der Waals surface area contributed by atoms with Crippen molar-refractivity contribution in [2.45, 2.75) is 40.2 Å². The second kappa shape index (κ2) is 11.7. The minimum absolute atomic E-state index is 0.0314. The Morgan fingerprint density at radius 1 is 0.925 bits per heavy atom. The molecule has 1 aliphatic carbocycles. The fourth-order valence-corrected chi connectivity index (χ4v) is 5.05. The quantitative estimate of drug-likeness (QED) is 0.197. The molecule has 0 bridgehead atoms. The van der Waals surface area contributed by atoms with Crippen LogP contribution in [0.4, 0.5) is 5.69 Å². The minimum Gasteiger partial charge on any atom is -0.485 e. The Bertz CT molecular complexity index is 1660. The third kappa shape index (κ3) is 5.71. The van der Waals surface area contributed by atoms with E-state index in [2.05, 4.69) is 37.5 Å². The molecule has 40 heavy (non-hydrogen) atoms. The van der Waals surface area contributed by atoms with Crippen molar-refractivity contribution in [3.63, 3.8) is 0 Å². The Morgan fingerprint density at radius 3 is 2.42 bits per heavy atom. The molecule has 1 aliphatic heterocycles. The number of fused-ring (bicyclic) bond motifs is 2. The number of hydrogen-bond acceptors (Lipinski definition) is 6. The summed E-state index contributed by atoms with van der Waals surface area (Å²) in [7, 11) is 0. The molecule has 204 valence electrons. The second-order valence-corrected chi connectivity index (χ2v) is 9.96. The summed E-state index contributed by atoms with van der Waals surface area (Å²) in [5, 5.41) is 0.954. The number of ether oxygens (including phenoxy) is 2. The van der Waals surface area contributed by atoms with Crippen LogP contribution in [0.3, 0.4) is 0 Å². The van der Waals surface area contributed by atoms with Gasteiger partial charge in [-0.05, 0) is 56.2 Å². The van der Waals surface area contributed by atoms with Crippen LogP contribution in [0.1, 0.15) is 37.0 Å². The summed E-state index contributed by atoms with van der Waals surface area (Å²) in [5.41, 5.74) is 5.98. The highest BCUT2D eigenvalue weighted by Gasteiger charge is 2.34. The molecule has 6 heteroatoms. The first kappa shape index (κ1) is 27.0. The average molecular weight is 536 g/mol. The van der Waals surface area contributed by atoms with Crippen LogP contribution in [-0.2, 0) is 17.8 Å². The highest BCUT2D eigenvalue weighted by Crippen LogP contribution is 2.43. The van der Waals surface area contributed by atoms with Gasteiger partial charge < -0.3 is 18.8 Å². The van der Waals surface area contributed by atoms with Gasteiger partial charge in [-0.25, -0.2) is 4.79 Å². The smallest absolute Gasteiger partial charge is 0.336 e. The van der Waals surface area contributed by atoms with Gasteiger partial charge in [-0.1, -0.05) is 43.0 Å². The fraction of sp³-hybridized carbons (Fsp3) is 0.235. The largest absolute Gasteiger partial charge is 0.485 e. The van der Waals surface area contributed by atoms with Crippen LogP contribution in [0.15, 0.2) is 105 Å². The van der Waals surface area contributed by atoms with Gasteiger partial charge in [-0.2, -0.15) is 0 Å². The normalized spacial score (nSPS) is 13.8. The van der Waals surface area contributed by atoms with Crippen molar-refractivity contribution < 1.29 is 18.7 Å². The molecule has 0 amide bonds. The highest BCUT2D eigenvalue weighted by molar-refractivity contribution is 6.11. The minimum atomic E-state index is -0.302. The number of ketones is 1. The molecule has 2 aliphatic rings. The van der Waals surface area contributed by atoms with Crippen molar-refractivity contribution in [3.05, 3.63) is 123 Å². The number of hydrogen-bond donors (Lipinski definition) is 0. The van der Waals surface area contributed by atoms with E-state index in [0.717, 1.165) is 63.7 Å². The van der Waals surface area contributed by atoms with Crippen molar-refractivity contribution in [1.82, 2.24) is 0 Å². The van der Waals surface area contributed by atoms with Gasteiger partial charge in [0.1, 0.15) is 17.9 Å². The van der Waals surface area contributed by atoms with E-state index in [-0.39, 0.29) is 11.4 Å². The van der Waals surface area contributed by atoms with Crippen LogP contribution < -0.4 is 20.0 Å². The fourth-order valence-electron chi connectivity index (χ4n) is 5.05. The van der Waals surface area contributed by atoms with Crippen LogP contribution in [0.5, 0.6) is 11.5 Å². The molecular formula is C34H33NO5. The van der Waals surface area contributed by atoms with Gasteiger partial charge in [0.2, 0.25) is 0 Å². The van der Waals surface area contributed by atoms with Crippen molar-refractivity contribution in [1.29, 1.82) is 0 Å². The maximum atomic E-state index is 12.2. The lowest BCUT2D eigenvalue weighted by Gasteiger charge is -2.22. The van der Waals surface area contributed by atoms with Crippen molar-refractivity contribution in [2.24, 2.45) is 0 Å². The van der Waals surface area contributed by atoms with E-state index < -0.39 is 0 Å². The van der Waals surface area contributed by atoms with E-state index in [1.807, 2.05) is 55.5 Å². The zero-order valence-electron chi connectivity index (χ0n) is 23.2. The summed E-state index contributed by atoms with van der Waals surface area (Å²) in [5.74, 6) is 2.22. The number of allylic oxidation sites excluding steroid dienone is 2. The Hall–Kier alpha value is -4.58. The van der Waals surface area contributed by atoms with E-state index in [4.69, 9.17) is 13.9 Å². The first-order chi connectivity index (χ1) is 19.4. The van der Waals surface area contributed by atoms with Gasteiger partial charge in [0.05, 0.1) is 0 Å². The van der Waals surface area contributed by atoms with Crippen molar-refractivity contribution in [3.8, 4) is 11.5 Å². The van der Waals surface area contributed by atoms with Crippen LogP contribution in [0, 0.1) is 6.92 Å². The molecular weight excluding hydrogens is 502 g/mol. The first-order valence-corrected chi connectivity index (χ1v) is 13.6. The van der Waals surface area contributed by atoms with Gasteiger partial charge in [0.25, 0.3) is 0 Å². The van der Waals surface area contributed by atoms with Gasteiger partial charge >= 0.3 is 5.63 Å². The third-order valence-electron chi connectivity index (χ3n) is 7.15. The number of anilines is 1. The highest BCUT2D eigenvalue weighted by atomic mass is 16.5. The molecule has 0 spiro atoms. The molecule has 6 nitrogen and oxygen atoms in total. The van der Waals surface area contributed by atoms with Crippen LogP contribution in [-0.4, -0.2) is 18.9 Å². The second-order valence-electron chi connectivity index (χ2n) is 9.96. The molecule has 6 rings (SSSR count). The Labute approximate surface area is 234 Å². The molecule has 0 fully saturated rings. The predicted molar refractivity (Wildman–Crippen MR) is 158 cm³/mol. The molecule has 0 unspecified atom stereocenters. The summed E-state index contributed by atoms with van der Waals surface area (Å²) in [6.07, 6.45) is 1.09. The number of nitrogens with zero attached hydrogens (tertiary/aromatic N) is 1. The maximum absolute atomic E-state index is 12.2. The Kier molecular flexibility index (Phi) is 7.87. The third-order valence-corrected chi connectivity index (χ3v) is 7.15. The standard InChI is InChI=1S/C21H18O3.C13H15NO2/c1-13-8-16-11-17-18(10-14(2)20(17)22)24-21(16)19(9-13)23-12-15-6-4-3-5-7-15;1-3-14(4-2)11-7-5-10-6-8-13(15)16-12(10)9-11/h3-9H,2,10-12H2,1H3;5-9H,3-4H2,1-2H3. The number of benzene rings is 3. The van der Waals surface area contributed by atoms with Crippen LogP contribution in [0.25, 0.3) is 11.0 Å². The van der Waals surface area contributed by atoms with Gasteiger partial charge in [-0.15, -0.1) is 0 Å². The number of carbonyl (C=O) groups excluding carboxylic acids is 1. The van der Waals surface area contributed by atoms with Crippen LogP contribution >= 0.6 is 0 Å². The molecule has 0 atom stereocenters. The lowest BCUT2D eigenvalue weighted by molar-refractivity contribution is -0.112. The lowest BCUT2D eigenvalue weighted by Crippen LogP contribution is -2.21. The number of rotatable bonds is 6. The Balaban J connectivity index is 0.000000176. The maximum Gasteiger partial charge on any atom is 0.336 e. The van der Waals surface area contributed by atoms with Crippen LogP contribution in [0.2, 0.25) is 0 Å². The summed E-state index contributed by atoms with van der Waals surface area (Å²) in [6.45, 7) is 12.4. The molecule has 4 aromatic rings. The topological polar surface area (TPSA) is 69.0 Å². The molecule has 0 N–H and O–H groups in total. The SMILES string of the molecule is C=C1CC2=C(Cc3cc(C)cc(OCc4ccccc4)c3O2)C1=O.CCN(CC)c1ccc2ccc(=O)oc2c1. The predicted octanol–water partition coefficient (Wildman–Crippen LogP) is 6.93.